The molecule has 1 aliphatic carbocycles. The van der Waals surface area contributed by atoms with Gasteiger partial charge < -0.3 is 14.8 Å². The minimum Gasteiger partial charge on any atom is -0.494 e. The molecule has 3 aromatic rings. The first-order valence-corrected chi connectivity index (χ1v) is 11.8. The molecule has 0 saturated carbocycles. The maximum absolute atomic E-state index is 10.1. The largest absolute Gasteiger partial charge is 0.494 e. The average Bonchev–Trinajstić information content (AvgIpc) is 3.02. The second-order valence-corrected chi connectivity index (χ2v) is 11.6. The van der Waals surface area contributed by atoms with Gasteiger partial charge in [0.05, 0.1) is 12.0 Å². The van der Waals surface area contributed by atoms with E-state index in [2.05, 4.69) is 51.7 Å². The number of nitrogens with zero attached hydrogens (tertiary/aromatic N) is 1. The standard InChI is InChI=1S/C25H30N2O2S2/c1-14-11-17-18(25(4,5)10-9-24(17,2)3)13-16(14)21-19(29-6)8-7-15(26-21)12-20-22(28)27-23(30)31-20/h7-8,11,13,28H,9-10,12H2,1-6H3,(H,27,30). The van der Waals surface area contributed by atoms with Crippen molar-refractivity contribution in [3.8, 4) is 22.9 Å². The van der Waals surface area contributed by atoms with E-state index in [0.717, 1.165) is 34.0 Å². The van der Waals surface area contributed by atoms with Crippen LogP contribution in [0.5, 0.6) is 11.6 Å². The number of thiazole rings is 1. The molecule has 0 aliphatic heterocycles. The van der Waals surface area contributed by atoms with Crippen LogP contribution in [0, 0.1) is 10.9 Å². The Morgan fingerprint density at radius 3 is 2.35 bits per heavy atom. The maximum atomic E-state index is 10.1. The van der Waals surface area contributed by atoms with Crippen LogP contribution >= 0.6 is 23.6 Å². The van der Waals surface area contributed by atoms with E-state index in [-0.39, 0.29) is 16.7 Å². The number of hydrogen-bond donors (Lipinski definition) is 2. The van der Waals surface area contributed by atoms with E-state index >= 15 is 0 Å². The Kier molecular flexibility index (Phi) is 5.51. The third kappa shape index (κ3) is 4.03. The summed E-state index contributed by atoms with van der Waals surface area (Å²) in [5.41, 5.74) is 7.16. The number of benzene rings is 1. The van der Waals surface area contributed by atoms with Crippen LogP contribution in [0.1, 0.15) is 67.8 Å². The molecule has 0 atom stereocenters. The first-order valence-electron chi connectivity index (χ1n) is 10.6. The van der Waals surface area contributed by atoms with Crippen LogP contribution in [0.3, 0.4) is 0 Å². The van der Waals surface area contributed by atoms with E-state index in [0.29, 0.717) is 10.4 Å². The van der Waals surface area contributed by atoms with Crippen molar-refractivity contribution >= 4 is 23.6 Å². The number of hydrogen-bond acceptors (Lipinski definition) is 5. The Hall–Kier alpha value is -2.18. The fraction of sp³-hybridized carbons (Fsp3) is 0.440. The molecule has 31 heavy (non-hydrogen) atoms. The average molecular weight is 455 g/mol. The van der Waals surface area contributed by atoms with Crippen LogP contribution in [-0.4, -0.2) is 22.2 Å². The summed E-state index contributed by atoms with van der Waals surface area (Å²) in [6.45, 7) is 11.5. The molecule has 0 spiro atoms. The number of methoxy groups -OCH3 is 1. The van der Waals surface area contributed by atoms with E-state index in [1.165, 1.54) is 34.4 Å². The summed E-state index contributed by atoms with van der Waals surface area (Å²) in [6.07, 6.45) is 2.87. The molecule has 1 aromatic carbocycles. The number of fused-ring (bicyclic) bond motifs is 1. The second-order valence-electron chi connectivity index (χ2n) is 9.80. The lowest BCUT2D eigenvalue weighted by Gasteiger charge is -2.42. The van der Waals surface area contributed by atoms with Gasteiger partial charge >= 0.3 is 0 Å². The van der Waals surface area contributed by atoms with Crippen LogP contribution in [0.25, 0.3) is 11.3 Å². The summed E-state index contributed by atoms with van der Waals surface area (Å²) >= 11 is 6.54. The summed E-state index contributed by atoms with van der Waals surface area (Å²) in [5.74, 6) is 0.883. The Labute approximate surface area is 193 Å². The van der Waals surface area contributed by atoms with Gasteiger partial charge in [0.15, 0.2) is 3.95 Å². The monoisotopic (exact) mass is 454 g/mol. The highest BCUT2D eigenvalue weighted by Crippen LogP contribution is 2.48. The van der Waals surface area contributed by atoms with Crippen LogP contribution in [0.2, 0.25) is 0 Å². The van der Waals surface area contributed by atoms with Crippen molar-refractivity contribution in [1.29, 1.82) is 0 Å². The third-order valence-electron chi connectivity index (χ3n) is 6.63. The Balaban J connectivity index is 1.85. The lowest BCUT2D eigenvalue weighted by molar-refractivity contribution is 0.332. The second kappa shape index (κ2) is 7.75. The summed E-state index contributed by atoms with van der Waals surface area (Å²) in [5, 5.41) is 10.1. The summed E-state index contributed by atoms with van der Waals surface area (Å²) < 4.78 is 6.26. The quantitative estimate of drug-likeness (QED) is 0.424. The van der Waals surface area contributed by atoms with E-state index < -0.39 is 0 Å². The van der Waals surface area contributed by atoms with Gasteiger partial charge in [-0.25, -0.2) is 4.98 Å². The number of ether oxygens (including phenoxy) is 1. The van der Waals surface area contributed by atoms with E-state index in [1.807, 2.05) is 12.1 Å². The van der Waals surface area contributed by atoms with Crippen molar-refractivity contribution in [2.75, 3.05) is 7.11 Å². The van der Waals surface area contributed by atoms with Crippen molar-refractivity contribution in [3.05, 3.63) is 55.5 Å². The van der Waals surface area contributed by atoms with Gasteiger partial charge in [0.25, 0.3) is 0 Å². The number of rotatable bonds is 4. The Bertz CT molecular complexity index is 1200. The third-order valence-corrected chi connectivity index (χ3v) is 7.85. The highest BCUT2D eigenvalue weighted by atomic mass is 32.1. The molecule has 0 radical (unpaired) electrons. The first-order chi connectivity index (χ1) is 14.5. The number of pyridine rings is 1. The van der Waals surface area contributed by atoms with Gasteiger partial charge in [-0.1, -0.05) is 33.8 Å². The molecule has 4 nitrogen and oxygen atoms in total. The maximum Gasteiger partial charge on any atom is 0.204 e. The van der Waals surface area contributed by atoms with Crippen molar-refractivity contribution < 1.29 is 9.84 Å². The smallest absolute Gasteiger partial charge is 0.204 e. The predicted molar refractivity (Wildman–Crippen MR) is 130 cm³/mol. The zero-order chi connectivity index (χ0) is 22.6. The molecule has 4 rings (SSSR count). The highest BCUT2D eigenvalue weighted by molar-refractivity contribution is 7.73. The van der Waals surface area contributed by atoms with E-state index in [9.17, 15) is 5.11 Å². The number of aromatic nitrogens is 2. The van der Waals surface area contributed by atoms with Crippen molar-refractivity contribution in [3.63, 3.8) is 0 Å². The van der Waals surface area contributed by atoms with Crippen molar-refractivity contribution in [1.82, 2.24) is 9.97 Å². The van der Waals surface area contributed by atoms with Gasteiger partial charge in [-0.05, 0) is 77.7 Å². The molecular formula is C25H30N2O2S2. The molecule has 2 N–H and O–H groups in total. The number of aromatic amines is 1. The van der Waals surface area contributed by atoms with Crippen molar-refractivity contribution in [2.45, 2.75) is 64.7 Å². The molecule has 6 heteroatoms. The topological polar surface area (TPSA) is 58.1 Å². The minimum absolute atomic E-state index is 0.122. The number of aromatic hydroxyl groups is 1. The van der Waals surface area contributed by atoms with Crippen LogP contribution in [0.15, 0.2) is 24.3 Å². The Morgan fingerprint density at radius 1 is 1.13 bits per heavy atom. The molecule has 164 valence electrons. The highest BCUT2D eigenvalue weighted by Gasteiger charge is 2.37. The zero-order valence-electron chi connectivity index (χ0n) is 19.0. The van der Waals surface area contributed by atoms with E-state index in [4.69, 9.17) is 21.9 Å². The molecule has 0 saturated heterocycles. The lowest BCUT2D eigenvalue weighted by atomic mass is 9.62. The minimum atomic E-state index is 0.122. The lowest BCUT2D eigenvalue weighted by Crippen LogP contribution is -2.34. The van der Waals surface area contributed by atoms with Gasteiger partial charge in [0.2, 0.25) is 5.88 Å². The first kappa shape index (κ1) is 22.0. The SMILES string of the molecule is COc1ccc(Cc2sc(=S)[nH]c2O)nc1-c1cc2c(cc1C)C(C)(C)CCC2(C)C. The van der Waals surface area contributed by atoms with Gasteiger partial charge in [-0.2, -0.15) is 0 Å². The molecule has 0 unspecified atom stereocenters. The van der Waals surface area contributed by atoms with Gasteiger partial charge in [-0.3, -0.25) is 0 Å². The summed E-state index contributed by atoms with van der Waals surface area (Å²) in [7, 11) is 1.69. The molecule has 0 amide bonds. The Morgan fingerprint density at radius 2 is 1.77 bits per heavy atom. The molecule has 1 aliphatic rings. The van der Waals surface area contributed by atoms with Crippen molar-refractivity contribution in [2.24, 2.45) is 0 Å². The molecule has 0 fully saturated rings. The van der Waals surface area contributed by atoms with Crippen LogP contribution in [-0.2, 0) is 17.3 Å². The fourth-order valence-electron chi connectivity index (χ4n) is 4.56. The molecular weight excluding hydrogens is 424 g/mol. The number of aryl methyl sites for hydroxylation is 1. The summed E-state index contributed by atoms with van der Waals surface area (Å²) in [4.78, 5) is 8.56. The molecule has 0 bridgehead atoms. The van der Waals surface area contributed by atoms with Crippen LogP contribution < -0.4 is 4.74 Å². The molecule has 2 aromatic heterocycles. The predicted octanol–water partition coefficient (Wildman–Crippen LogP) is 6.83. The van der Waals surface area contributed by atoms with E-state index in [1.54, 1.807) is 7.11 Å². The normalized spacial score (nSPS) is 16.7. The molecule has 2 heterocycles. The number of H-pyrrole nitrogens is 1. The number of nitrogens with one attached hydrogen (secondary N) is 1. The van der Waals surface area contributed by atoms with Crippen LogP contribution in [0.4, 0.5) is 0 Å². The van der Waals surface area contributed by atoms with Gasteiger partial charge in [-0.15, -0.1) is 11.3 Å². The fourth-order valence-corrected chi connectivity index (χ4v) is 5.69. The van der Waals surface area contributed by atoms with Gasteiger partial charge in [0.1, 0.15) is 11.4 Å². The summed E-state index contributed by atoms with van der Waals surface area (Å²) in [6, 6.07) is 8.60. The zero-order valence-corrected chi connectivity index (χ0v) is 20.7. The van der Waals surface area contributed by atoms with Gasteiger partial charge in [0, 0.05) is 17.7 Å².